The number of likely N-dealkylation sites (tertiary alicyclic amines) is 1. The van der Waals surface area contributed by atoms with Crippen molar-refractivity contribution < 1.29 is 4.79 Å². The van der Waals surface area contributed by atoms with Crippen LogP contribution in [-0.4, -0.2) is 23.9 Å². The van der Waals surface area contributed by atoms with Gasteiger partial charge in [-0.2, -0.15) is 0 Å². The highest BCUT2D eigenvalue weighted by Gasteiger charge is 2.20. The van der Waals surface area contributed by atoms with Gasteiger partial charge < -0.3 is 4.90 Å². The van der Waals surface area contributed by atoms with Gasteiger partial charge in [0.05, 0.1) is 0 Å². The summed E-state index contributed by atoms with van der Waals surface area (Å²) in [5.74, 6) is 0.649. The molecule has 0 spiro atoms. The number of carbonyl (C=O) groups excluding carboxylic acids is 1. The summed E-state index contributed by atoms with van der Waals surface area (Å²) in [5.41, 5.74) is 4.32. The molecule has 1 heterocycles. The van der Waals surface area contributed by atoms with Crippen LogP contribution < -0.4 is 0 Å². The molecule has 2 aromatic rings. The molecule has 1 aliphatic rings. The molecule has 25 heavy (non-hydrogen) atoms. The molecule has 1 fully saturated rings. The quantitative estimate of drug-likeness (QED) is 0.630. The Morgan fingerprint density at radius 1 is 1.08 bits per heavy atom. The Balaban J connectivity index is 2.00. The van der Waals surface area contributed by atoms with Crippen molar-refractivity contribution >= 4 is 17.5 Å². The maximum atomic E-state index is 12.7. The molecule has 1 saturated heterocycles. The predicted octanol–water partition coefficient (Wildman–Crippen LogP) is 6.15. The monoisotopic (exact) mass is 355 g/mol. The third-order valence-electron chi connectivity index (χ3n) is 5.25. The second-order valence-electron chi connectivity index (χ2n) is 6.83. The van der Waals surface area contributed by atoms with Gasteiger partial charge in [-0.25, -0.2) is 0 Å². The van der Waals surface area contributed by atoms with Gasteiger partial charge >= 0.3 is 0 Å². The van der Waals surface area contributed by atoms with E-state index in [0.717, 1.165) is 60.5 Å². The van der Waals surface area contributed by atoms with Gasteiger partial charge in [0.25, 0.3) is 5.91 Å². The molecule has 0 aliphatic carbocycles. The average Bonchev–Trinajstić information content (AvgIpc) is 3.18. The molecular formula is C22H26ClNO. The summed E-state index contributed by atoms with van der Waals surface area (Å²) in [6, 6.07) is 14.2. The molecule has 0 aromatic heterocycles. The topological polar surface area (TPSA) is 20.3 Å². The van der Waals surface area contributed by atoms with Gasteiger partial charge in [0.2, 0.25) is 0 Å². The summed E-state index contributed by atoms with van der Waals surface area (Å²) in [7, 11) is 0. The van der Waals surface area contributed by atoms with Crippen LogP contribution in [0.5, 0.6) is 0 Å². The Labute approximate surface area is 155 Å². The van der Waals surface area contributed by atoms with Crippen molar-refractivity contribution in [1.82, 2.24) is 4.90 Å². The van der Waals surface area contributed by atoms with Crippen LogP contribution in [0.25, 0.3) is 11.1 Å². The number of halogens is 1. The van der Waals surface area contributed by atoms with Gasteiger partial charge in [-0.1, -0.05) is 43.6 Å². The zero-order valence-electron chi connectivity index (χ0n) is 15.1. The molecule has 3 heteroatoms. The molecule has 0 saturated carbocycles. The lowest BCUT2D eigenvalue weighted by Gasteiger charge is -2.19. The van der Waals surface area contributed by atoms with E-state index in [0.29, 0.717) is 5.92 Å². The summed E-state index contributed by atoms with van der Waals surface area (Å²) in [4.78, 5) is 14.7. The fourth-order valence-electron chi connectivity index (χ4n) is 3.79. The fourth-order valence-corrected chi connectivity index (χ4v) is 3.96. The Bertz CT molecular complexity index is 745. The molecule has 3 rings (SSSR count). The molecule has 0 bridgehead atoms. The first-order valence-corrected chi connectivity index (χ1v) is 9.71. The van der Waals surface area contributed by atoms with Crippen molar-refractivity contribution in [3.63, 3.8) is 0 Å². The van der Waals surface area contributed by atoms with Gasteiger partial charge in [0.1, 0.15) is 0 Å². The van der Waals surface area contributed by atoms with Crippen LogP contribution in [-0.2, 0) is 0 Å². The van der Waals surface area contributed by atoms with Crippen LogP contribution in [0.2, 0.25) is 5.02 Å². The van der Waals surface area contributed by atoms with Gasteiger partial charge in [0.15, 0.2) is 0 Å². The van der Waals surface area contributed by atoms with Crippen LogP contribution in [0.4, 0.5) is 0 Å². The maximum Gasteiger partial charge on any atom is 0.253 e. The minimum atomic E-state index is 0.144. The lowest BCUT2D eigenvalue weighted by Crippen LogP contribution is -2.27. The van der Waals surface area contributed by atoms with Crippen molar-refractivity contribution in [2.75, 3.05) is 13.1 Å². The highest BCUT2D eigenvalue weighted by atomic mass is 35.5. The second-order valence-corrected chi connectivity index (χ2v) is 7.26. The van der Waals surface area contributed by atoms with E-state index >= 15 is 0 Å². The van der Waals surface area contributed by atoms with E-state index in [9.17, 15) is 4.79 Å². The van der Waals surface area contributed by atoms with E-state index in [-0.39, 0.29) is 5.91 Å². The first kappa shape index (κ1) is 18.0. The first-order valence-electron chi connectivity index (χ1n) is 9.33. The zero-order chi connectivity index (χ0) is 17.8. The number of nitrogens with zero attached hydrogens (tertiary/aromatic N) is 1. The van der Waals surface area contributed by atoms with E-state index in [4.69, 9.17) is 11.6 Å². The number of carbonyl (C=O) groups is 1. The highest BCUT2D eigenvalue weighted by molar-refractivity contribution is 6.30. The van der Waals surface area contributed by atoms with Crippen LogP contribution in [0.15, 0.2) is 42.5 Å². The van der Waals surface area contributed by atoms with Crippen molar-refractivity contribution in [3.8, 4) is 11.1 Å². The molecular weight excluding hydrogens is 330 g/mol. The second kappa shape index (κ2) is 8.05. The van der Waals surface area contributed by atoms with Crippen molar-refractivity contribution in [2.24, 2.45) is 0 Å². The predicted molar refractivity (Wildman–Crippen MR) is 105 cm³/mol. The van der Waals surface area contributed by atoms with Crippen LogP contribution >= 0.6 is 11.6 Å². The molecule has 132 valence electrons. The lowest BCUT2D eigenvalue weighted by molar-refractivity contribution is 0.0793. The Kier molecular flexibility index (Phi) is 5.80. The summed E-state index contributed by atoms with van der Waals surface area (Å²) in [6.45, 7) is 6.19. The first-order chi connectivity index (χ1) is 12.1. The molecule has 1 amide bonds. The Morgan fingerprint density at radius 3 is 2.48 bits per heavy atom. The molecule has 0 radical (unpaired) electrons. The lowest BCUT2D eigenvalue weighted by atomic mass is 9.87. The average molecular weight is 356 g/mol. The fraction of sp³-hybridized carbons (Fsp3) is 0.409. The zero-order valence-corrected chi connectivity index (χ0v) is 15.9. The van der Waals surface area contributed by atoms with Gasteiger partial charge in [0, 0.05) is 23.7 Å². The number of benzene rings is 2. The van der Waals surface area contributed by atoms with E-state index in [1.54, 1.807) is 0 Å². The van der Waals surface area contributed by atoms with E-state index < -0.39 is 0 Å². The third kappa shape index (κ3) is 3.90. The van der Waals surface area contributed by atoms with Crippen molar-refractivity contribution in [3.05, 3.63) is 58.6 Å². The van der Waals surface area contributed by atoms with E-state index in [1.165, 1.54) is 5.56 Å². The summed E-state index contributed by atoms with van der Waals surface area (Å²) < 4.78 is 0. The van der Waals surface area contributed by atoms with Crippen LogP contribution in [0.3, 0.4) is 0 Å². The highest BCUT2D eigenvalue weighted by Crippen LogP contribution is 2.35. The number of rotatable bonds is 5. The SMILES string of the molecule is CCC(CC)c1ccc(Cl)cc1-c1cccc(C(=O)N2CCCC2)c1. The maximum absolute atomic E-state index is 12.7. The van der Waals surface area contributed by atoms with Crippen molar-refractivity contribution in [1.29, 1.82) is 0 Å². The minimum absolute atomic E-state index is 0.144. The summed E-state index contributed by atoms with van der Waals surface area (Å²) in [5, 5.41) is 0.737. The minimum Gasteiger partial charge on any atom is -0.339 e. The molecule has 0 N–H and O–H groups in total. The smallest absolute Gasteiger partial charge is 0.253 e. The normalized spacial score (nSPS) is 14.3. The van der Waals surface area contributed by atoms with E-state index in [1.807, 2.05) is 35.2 Å². The van der Waals surface area contributed by atoms with Gasteiger partial charge in [-0.3, -0.25) is 4.79 Å². The number of hydrogen-bond donors (Lipinski definition) is 0. The largest absolute Gasteiger partial charge is 0.339 e. The Morgan fingerprint density at radius 2 is 1.80 bits per heavy atom. The van der Waals surface area contributed by atoms with Gasteiger partial charge in [-0.05, 0) is 72.6 Å². The van der Waals surface area contributed by atoms with Crippen molar-refractivity contribution in [2.45, 2.75) is 45.4 Å². The third-order valence-corrected chi connectivity index (χ3v) is 5.49. The van der Waals surface area contributed by atoms with Crippen LogP contribution in [0, 0.1) is 0 Å². The molecule has 1 aliphatic heterocycles. The van der Waals surface area contributed by atoms with E-state index in [2.05, 4.69) is 26.0 Å². The van der Waals surface area contributed by atoms with Crippen LogP contribution in [0.1, 0.15) is 61.4 Å². The van der Waals surface area contributed by atoms with Gasteiger partial charge in [-0.15, -0.1) is 0 Å². The molecule has 0 unspecified atom stereocenters. The summed E-state index contributed by atoms with van der Waals surface area (Å²) >= 11 is 6.29. The molecule has 0 atom stereocenters. The summed E-state index contributed by atoms with van der Waals surface area (Å²) in [6.07, 6.45) is 4.41. The molecule has 2 aromatic carbocycles. The number of amides is 1. The number of hydrogen-bond acceptors (Lipinski definition) is 1. The molecule has 2 nitrogen and oxygen atoms in total. The standard InChI is InChI=1S/C22H26ClNO/c1-3-16(4-2)20-11-10-19(23)15-21(20)17-8-7-9-18(14-17)22(25)24-12-5-6-13-24/h7-11,14-16H,3-6,12-13H2,1-2H3. The Hall–Kier alpha value is -1.80.